The fourth-order valence-electron chi connectivity index (χ4n) is 4.53. The number of allylic oxidation sites excluding steroid dienone is 9. The van der Waals surface area contributed by atoms with E-state index >= 15 is 0 Å². The van der Waals surface area contributed by atoms with Crippen LogP contribution in [0.5, 0.6) is 0 Å². The second-order valence-electron chi connectivity index (χ2n) is 9.49. The molecule has 0 heteroatoms. The Morgan fingerprint density at radius 2 is 0.615 bits per heavy atom. The molecule has 0 heterocycles. The molecule has 4 rings (SSSR count). The van der Waals surface area contributed by atoms with Crippen LogP contribution < -0.4 is 0 Å². The molecule has 0 nitrogen and oxygen atoms in total. The summed E-state index contributed by atoms with van der Waals surface area (Å²) in [5.41, 5.74) is 11.1. The molecule has 4 aromatic rings. The van der Waals surface area contributed by atoms with Crippen molar-refractivity contribution in [3.63, 3.8) is 0 Å². The van der Waals surface area contributed by atoms with E-state index in [9.17, 15) is 0 Å². The molecule has 0 aliphatic carbocycles. The lowest BCUT2D eigenvalue weighted by Crippen LogP contribution is -1.89. The number of rotatable bonds is 12. The second kappa shape index (κ2) is 14.3. The molecule has 0 atom stereocenters. The largest absolute Gasteiger partial charge is 0.0991 e. The minimum atomic E-state index is 0.903. The molecule has 39 heavy (non-hydrogen) atoms. The zero-order valence-electron chi connectivity index (χ0n) is 22.6. The molecule has 0 amide bonds. The molecule has 0 unspecified atom stereocenters. The average molecular weight is 505 g/mol. The van der Waals surface area contributed by atoms with E-state index in [1.54, 1.807) is 0 Å². The van der Waals surface area contributed by atoms with Gasteiger partial charge >= 0.3 is 0 Å². The van der Waals surface area contributed by atoms with Gasteiger partial charge in [0.2, 0.25) is 0 Å². The molecule has 0 saturated heterocycles. The SMILES string of the molecule is C=C/C=C\Cc1ccc(-c2cc(-c3ccc(C/C=C\C=C)cc3)cc(-c3ccc(C/C=C\C=C)cc3)c2)cc1. The van der Waals surface area contributed by atoms with E-state index in [2.05, 4.69) is 129 Å². The maximum absolute atomic E-state index is 3.75. The Morgan fingerprint density at radius 1 is 0.359 bits per heavy atom. The summed E-state index contributed by atoms with van der Waals surface area (Å²) < 4.78 is 0. The predicted molar refractivity (Wildman–Crippen MR) is 172 cm³/mol. The highest BCUT2D eigenvalue weighted by atomic mass is 14.1. The number of hydrogen-bond donors (Lipinski definition) is 0. The van der Waals surface area contributed by atoms with Crippen molar-refractivity contribution in [2.24, 2.45) is 0 Å². The highest BCUT2D eigenvalue weighted by molar-refractivity contribution is 5.81. The van der Waals surface area contributed by atoms with E-state index in [1.807, 2.05) is 36.5 Å². The molecule has 0 aliphatic rings. The van der Waals surface area contributed by atoms with Gasteiger partial charge in [0, 0.05) is 0 Å². The standard InChI is InChI=1S/C39H36/c1-4-7-10-13-31-16-22-34(23-17-31)37-28-38(35-24-18-32(19-25-35)14-11-8-5-2)30-39(29-37)36-26-20-33(21-27-36)15-12-9-6-3/h4-12,16-30H,1-3,13-15H2/b10-7-,11-8-,12-9-. The van der Waals surface area contributed by atoms with E-state index in [0.29, 0.717) is 0 Å². The monoisotopic (exact) mass is 504 g/mol. The Balaban J connectivity index is 1.70. The maximum Gasteiger partial charge on any atom is -0.00943 e. The molecule has 0 radical (unpaired) electrons. The highest BCUT2D eigenvalue weighted by Crippen LogP contribution is 2.33. The smallest absolute Gasteiger partial charge is 0.00943 e. The zero-order valence-corrected chi connectivity index (χ0v) is 22.6. The van der Waals surface area contributed by atoms with Gasteiger partial charge in [0.1, 0.15) is 0 Å². The topological polar surface area (TPSA) is 0 Å². The van der Waals surface area contributed by atoms with Crippen LogP contribution in [0.3, 0.4) is 0 Å². The van der Waals surface area contributed by atoms with Crippen molar-refractivity contribution in [2.45, 2.75) is 19.3 Å². The molecule has 4 aromatic carbocycles. The molecule has 0 saturated carbocycles. The summed E-state index contributed by atoms with van der Waals surface area (Å²) in [5, 5.41) is 0. The molecule has 192 valence electrons. The van der Waals surface area contributed by atoms with Crippen molar-refractivity contribution in [3.8, 4) is 33.4 Å². The Kier molecular flexibility index (Phi) is 10.0. The van der Waals surface area contributed by atoms with Crippen LogP contribution in [-0.4, -0.2) is 0 Å². The maximum atomic E-state index is 3.75. The summed E-state index contributed by atoms with van der Waals surface area (Å²) in [6, 6.07) is 33.6. The number of benzene rings is 4. The Morgan fingerprint density at radius 3 is 0.846 bits per heavy atom. The van der Waals surface area contributed by atoms with Gasteiger partial charge in [-0.25, -0.2) is 0 Å². The Bertz CT molecular complexity index is 1270. The van der Waals surface area contributed by atoms with Crippen LogP contribution in [0, 0.1) is 0 Å². The average Bonchev–Trinajstić information content (AvgIpc) is 2.98. The van der Waals surface area contributed by atoms with Gasteiger partial charge in [-0.2, -0.15) is 0 Å². The van der Waals surface area contributed by atoms with Gasteiger partial charge in [-0.05, 0) is 87.5 Å². The van der Waals surface area contributed by atoms with Crippen molar-refractivity contribution < 1.29 is 0 Å². The van der Waals surface area contributed by atoms with Gasteiger partial charge in [0.25, 0.3) is 0 Å². The first-order chi connectivity index (χ1) is 19.2. The van der Waals surface area contributed by atoms with Gasteiger partial charge in [0.15, 0.2) is 0 Å². The van der Waals surface area contributed by atoms with E-state index in [-0.39, 0.29) is 0 Å². The summed E-state index contributed by atoms with van der Waals surface area (Å²) in [6.45, 7) is 11.3. The van der Waals surface area contributed by atoms with Crippen LogP contribution in [0.25, 0.3) is 33.4 Å². The molecule has 0 aliphatic heterocycles. The third-order valence-electron chi connectivity index (χ3n) is 6.67. The summed E-state index contributed by atoms with van der Waals surface area (Å²) in [7, 11) is 0. The van der Waals surface area contributed by atoms with E-state index in [4.69, 9.17) is 0 Å². The van der Waals surface area contributed by atoms with E-state index in [0.717, 1.165) is 19.3 Å². The van der Waals surface area contributed by atoms with Crippen molar-refractivity contribution in [2.75, 3.05) is 0 Å². The number of hydrogen-bond acceptors (Lipinski definition) is 0. The normalized spacial score (nSPS) is 11.4. The molecule has 0 fully saturated rings. The zero-order chi connectivity index (χ0) is 27.3. The minimum Gasteiger partial charge on any atom is -0.0991 e. The fraction of sp³-hybridized carbons (Fsp3) is 0.0769. The first-order valence-electron chi connectivity index (χ1n) is 13.5. The molecule has 0 N–H and O–H groups in total. The molecule has 0 spiro atoms. The van der Waals surface area contributed by atoms with Crippen LogP contribution in [0.2, 0.25) is 0 Å². The fourth-order valence-corrected chi connectivity index (χ4v) is 4.53. The summed E-state index contributed by atoms with van der Waals surface area (Å²) >= 11 is 0. The van der Waals surface area contributed by atoms with Crippen LogP contribution in [0.4, 0.5) is 0 Å². The van der Waals surface area contributed by atoms with Crippen molar-refractivity contribution in [3.05, 3.63) is 182 Å². The van der Waals surface area contributed by atoms with Gasteiger partial charge in [-0.1, -0.05) is 147 Å². The molecular formula is C39H36. The second-order valence-corrected chi connectivity index (χ2v) is 9.49. The third-order valence-corrected chi connectivity index (χ3v) is 6.67. The van der Waals surface area contributed by atoms with E-state index < -0.39 is 0 Å². The van der Waals surface area contributed by atoms with Crippen LogP contribution >= 0.6 is 0 Å². The van der Waals surface area contributed by atoms with Crippen LogP contribution in [0.15, 0.2) is 165 Å². The van der Waals surface area contributed by atoms with E-state index in [1.165, 1.54) is 50.1 Å². The summed E-state index contributed by atoms with van der Waals surface area (Å²) in [5.74, 6) is 0. The summed E-state index contributed by atoms with van der Waals surface area (Å²) in [6.07, 6.45) is 20.5. The quantitative estimate of drug-likeness (QED) is 0.168. The van der Waals surface area contributed by atoms with Gasteiger partial charge < -0.3 is 0 Å². The Labute approximate surface area is 234 Å². The van der Waals surface area contributed by atoms with Crippen molar-refractivity contribution in [1.82, 2.24) is 0 Å². The molecule has 0 aromatic heterocycles. The predicted octanol–water partition coefficient (Wildman–Crippen LogP) is 10.5. The van der Waals surface area contributed by atoms with Gasteiger partial charge in [-0.3, -0.25) is 0 Å². The lowest BCUT2D eigenvalue weighted by Gasteiger charge is -2.12. The van der Waals surface area contributed by atoms with Crippen molar-refractivity contribution >= 4 is 0 Å². The van der Waals surface area contributed by atoms with Crippen LogP contribution in [0.1, 0.15) is 16.7 Å². The highest BCUT2D eigenvalue weighted by Gasteiger charge is 2.08. The summed E-state index contributed by atoms with van der Waals surface area (Å²) in [4.78, 5) is 0. The lowest BCUT2D eigenvalue weighted by atomic mass is 9.92. The third kappa shape index (κ3) is 7.90. The van der Waals surface area contributed by atoms with Crippen LogP contribution in [-0.2, 0) is 19.3 Å². The minimum absolute atomic E-state index is 0.903. The van der Waals surface area contributed by atoms with Crippen molar-refractivity contribution in [1.29, 1.82) is 0 Å². The molecular weight excluding hydrogens is 468 g/mol. The van der Waals surface area contributed by atoms with Gasteiger partial charge in [0.05, 0.1) is 0 Å². The first kappa shape index (κ1) is 27.4. The Hall–Kier alpha value is -4.68. The lowest BCUT2D eigenvalue weighted by molar-refractivity contribution is 1.27. The van der Waals surface area contributed by atoms with Gasteiger partial charge in [-0.15, -0.1) is 0 Å². The first-order valence-corrected chi connectivity index (χ1v) is 13.5. The molecule has 0 bridgehead atoms.